The van der Waals surface area contributed by atoms with Crippen LogP contribution < -0.4 is 5.73 Å². The van der Waals surface area contributed by atoms with Crippen molar-refractivity contribution in [1.82, 2.24) is 9.55 Å². The molecule has 0 saturated heterocycles. The Morgan fingerprint density at radius 2 is 2.20 bits per heavy atom. The molecule has 1 saturated carbocycles. The van der Waals surface area contributed by atoms with Gasteiger partial charge in [0.05, 0.1) is 20.7 Å². The van der Waals surface area contributed by atoms with E-state index in [-0.39, 0.29) is 23.4 Å². The number of benzene rings is 1. The molecule has 2 aromatic rings. The molecule has 1 aromatic heterocycles. The number of fused-ring (bicyclic) bond motifs is 1. The fraction of sp³-hybridized carbons (Fsp3) is 0.500. The monoisotopic (exact) mass is 389 g/mol. The minimum Gasteiger partial charge on any atom is -0.381 e. The normalized spacial score (nSPS) is 24.9. The van der Waals surface area contributed by atoms with Crippen LogP contribution in [0.5, 0.6) is 0 Å². The minimum atomic E-state index is -0.236. The number of nitrogens with zero attached hydrogens (tertiary/aromatic N) is 2. The Morgan fingerprint density at radius 3 is 2.80 bits per heavy atom. The molecule has 1 aliphatic rings. The third-order valence-electron chi connectivity index (χ3n) is 4.48. The van der Waals surface area contributed by atoms with E-state index in [1.165, 1.54) is 6.07 Å². The number of anilines is 1. The lowest BCUT2D eigenvalue weighted by Gasteiger charge is -2.51. The number of ether oxygens (including phenoxy) is 1. The third-order valence-corrected chi connectivity index (χ3v) is 5.31. The van der Waals surface area contributed by atoms with Gasteiger partial charge in [-0.15, -0.1) is 0 Å². The number of nitrogens with two attached hydrogens (primary N) is 1. The van der Waals surface area contributed by atoms with Crippen molar-refractivity contribution in [2.45, 2.75) is 32.4 Å². The zero-order valence-electron chi connectivity index (χ0n) is 11.7. The number of hydrogen-bond acceptors (Lipinski definition) is 3. The van der Waals surface area contributed by atoms with Crippen molar-refractivity contribution in [3.05, 3.63) is 21.5 Å². The summed E-state index contributed by atoms with van der Waals surface area (Å²) in [7, 11) is 1.72. The Hall–Kier alpha value is -0.890. The van der Waals surface area contributed by atoms with Gasteiger partial charge in [0.2, 0.25) is 5.95 Å². The molecule has 1 aliphatic carbocycles. The predicted molar refractivity (Wildman–Crippen MR) is 85.1 cm³/mol. The molecule has 1 heterocycles. The second kappa shape index (κ2) is 4.56. The fourth-order valence-electron chi connectivity index (χ4n) is 3.14. The molecular formula is C14H17FIN3O. The molecule has 4 nitrogen and oxygen atoms in total. The molecule has 1 aromatic carbocycles. The molecule has 2 N–H and O–H groups in total. The molecule has 2 unspecified atom stereocenters. The maximum Gasteiger partial charge on any atom is 0.201 e. The molecule has 0 bridgehead atoms. The lowest BCUT2D eigenvalue weighted by Crippen LogP contribution is -2.51. The summed E-state index contributed by atoms with van der Waals surface area (Å²) < 4.78 is 21.8. The quantitative estimate of drug-likeness (QED) is 0.802. The van der Waals surface area contributed by atoms with E-state index in [4.69, 9.17) is 10.5 Å². The lowest BCUT2D eigenvalue weighted by atomic mass is 9.64. The molecule has 0 aliphatic heterocycles. The molecule has 108 valence electrons. The molecule has 20 heavy (non-hydrogen) atoms. The zero-order chi connectivity index (χ0) is 14.7. The molecule has 0 amide bonds. The van der Waals surface area contributed by atoms with Gasteiger partial charge in [-0.2, -0.15) is 0 Å². The molecule has 0 spiro atoms. The molecule has 6 heteroatoms. The number of nitrogen functional groups attached to an aromatic ring is 1. The van der Waals surface area contributed by atoms with E-state index in [1.54, 1.807) is 13.2 Å². The molecule has 1 fully saturated rings. The first-order chi connectivity index (χ1) is 9.36. The second-order valence-electron chi connectivity index (χ2n) is 5.89. The lowest BCUT2D eigenvalue weighted by molar-refractivity contribution is -0.110. The first-order valence-electron chi connectivity index (χ1n) is 6.51. The average molecular weight is 389 g/mol. The number of hydrogen-bond donors (Lipinski definition) is 1. The topological polar surface area (TPSA) is 53.1 Å². The summed E-state index contributed by atoms with van der Waals surface area (Å²) in [5.74, 6) is 0.202. The molecular weight excluding hydrogens is 372 g/mol. The summed E-state index contributed by atoms with van der Waals surface area (Å²) in [6, 6.07) is 3.44. The standard InChI is InChI=1S/C14H17FIN3O/c1-14(2)11(6-12(14)20-3)19-10-4-7(15)8(16)5-9(10)18-13(19)17/h4-5,11-12H,6H2,1-3H3,(H2,17,18). The highest BCUT2D eigenvalue weighted by Crippen LogP contribution is 2.52. The van der Waals surface area contributed by atoms with E-state index in [0.29, 0.717) is 9.52 Å². The van der Waals surface area contributed by atoms with Crippen LogP contribution in [-0.4, -0.2) is 22.8 Å². The Labute approximate surface area is 130 Å². The summed E-state index contributed by atoms with van der Waals surface area (Å²) in [5, 5.41) is 0. The van der Waals surface area contributed by atoms with Crippen molar-refractivity contribution in [3.8, 4) is 0 Å². The number of rotatable bonds is 2. The smallest absolute Gasteiger partial charge is 0.201 e. The van der Waals surface area contributed by atoms with Crippen molar-refractivity contribution in [1.29, 1.82) is 0 Å². The summed E-state index contributed by atoms with van der Waals surface area (Å²) in [5.41, 5.74) is 7.51. The minimum absolute atomic E-state index is 0.0457. The highest BCUT2D eigenvalue weighted by molar-refractivity contribution is 14.1. The SMILES string of the molecule is COC1CC(n2c(N)nc3cc(I)c(F)cc32)C1(C)C. The summed E-state index contributed by atoms with van der Waals surface area (Å²) in [6.45, 7) is 4.29. The predicted octanol–water partition coefficient (Wildman–Crippen LogP) is 3.35. The van der Waals surface area contributed by atoms with Gasteiger partial charge in [-0.25, -0.2) is 9.37 Å². The van der Waals surface area contributed by atoms with Gasteiger partial charge in [0.1, 0.15) is 5.82 Å². The Bertz CT molecular complexity index is 683. The van der Waals surface area contributed by atoms with Gasteiger partial charge in [0.25, 0.3) is 0 Å². The van der Waals surface area contributed by atoms with Crippen LogP contribution in [0, 0.1) is 14.8 Å². The van der Waals surface area contributed by atoms with Crippen LogP contribution in [-0.2, 0) is 4.74 Å². The first-order valence-corrected chi connectivity index (χ1v) is 7.59. The van der Waals surface area contributed by atoms with Crippen LogP contribution in [0.4, 0.5) is 10.3 Å². The summed E-state index contributed by atoms with van der Waals surface area (Å²) in [6.07, 6.45) is 1.06. The molecule has 2 atom stereocenters. The van der Waals surface area contributed by atoms with E-state index in [2.05, 4.69) is 18.8 Å². The number of methoxy groups -OCH3 is 1. The van der Waals surface area contributed by atoms with Crippen molar-refractivity contribution >= 4 is 39.6 Å². The van der Waals surface area contributed by atoms with Gasteiger partial charge in [0.15, 0.2) is 0 Å². The Morgan fingerprint density at radius 1 is 1.50 bits per heavy atom. The van der Waals surface area contributed by atoms with Crippen LogP contribution in [0.25, 0.3) is 11.0 Å². The fourth-order valence-corrected chi connectivity index (χ4v) is 3.59. The highest BCUT2D eigenvalue weighted by Gasteiger charge is 2.50. The van der Waals surface area contributed by atoms with Crippen molar-refractivity contribution < 1.29 is 9.13 Å². The number of aromatic nitrogens is 2. The number of halogens is 2. The average Bonchev–Trinajstić information content (AvgIpc) is 2.66. The van der Waals surface area contributed by atoms with Gasteiger partial charge in [-0.05, 0) is 35.1 Å². The molecule has 3 rings (SSSR count). The Kier molecular flexibility index (Phi) is 3.20. The number of imidazole rings is 1. The van der Waals surface area contributed by atoms with Gasteiger partial charge in [0, 0.05) is 24.6 Å². The van der Waals surface area contributed by atoms with Crippen molar-refractivity contribution in [2.24, 2.45) is 5.41 Å². The van der Waals surface area contributed by atoms with Gasteiger partial charge in [-0.3, -0.25) is 0 Å². The van der Waals surface area contributed by atoms with E-state index >= 15 is 0 Å². The first kappa shape index (κ1) is 14.1. The third kappa shape index (κ3) is 1.84. The van der Waals surface area contributed by atoms with E-state index < -0.39 is 0 Å². The van der Waals surface area contributed by atoms with Crippen LogP contribution in [0.2, 0.25) is 0 Å². The maximum atomic E-state index is 13.8. The van der Waals surface area contributed by atoms with Gasteiger partial charge in [-0.1, -0.05) is 13.8 Å². The highest BCUT2D eigenvalue weighted by atomic mass is 127. The van der Waals surface area contributed by atoms with Crippen LogP contribution in [0.1, 0.15) is 26.3 Å². The van der Waals surface area contributed by atoms with E-state index in [9.17, 15) is 4.39 Å². The summed E-state index contributed by atoms with van der Waals surface area (Å²) in [4.78, 5) is 4.36. The largest absolute Gasteiger partial charge is 0.381 e. The second-order valence-corrected chi connectivity index (χ2v) is 7.05. The van der Waals surface area contributed by atoms with Crippen molar-refractivity contribution in [3.63, 3.8) is 0 Å². The zero-order valence-corrected chi connectivity index (χ0v) is 13.8. The van der Waals surface area contributed by atoms with E-state index in [0.717, 1.165) is 17.5 Å². The van der Waals surface area contributed by atoms with Crippen molar-refractivity contribution in [2.75, 3.05) is 12.8 Å². The Balaban J connectivity index is 2.13. The maximum absolute atomic E-state index is 13.8. The summed E-state index contributed by atoms with van der Waals surface area (Å²) >= 11 is 1.97. The van der Waals surface area contributed by atoms with Crippen LogP contribution in [0.3, 0.4) is 0 Å². The van der Waals surface area contributed by atoms with Gasteiger partial charge >= 0.3 is 0 Å². The van der Waals surface area contributed by atoms with Gasteiger partial charge < -0.3 is 15.0 Å². The van der Waals surface area contributed by atoms with Crippen LogP contribution >= 0.6 is 22.6 Å². The van der Waals surface area contributed by atoms with Crippen LogP contribution in [0.15, 0.2) is 12.1 Å². The van der Waals surface area contributed by atoms with E-state index in [1.807, 2.05) is 27.2 Å². The molecule has 0 radical (unpaired) electrons.